The third kappa shape index (κ3) is 8.30. The lowest BCUT2D eigenvalue weighted by atomic mass is 10.2. The number of unbranched alkanes of at least 4 members (excludes halogenated alkanes) is 1. The van der Waals surface area contributed by atoms with Crippen molar-refractivity contribution in [2.24, 2.45) is 4.99 Å². The molecule has 0 radical (unpaired) electrons. The minimum absolute atomic E-state index is 0. The summed E-state index contributed by atoms with van der Waals surface area (Å²) in [5.74, 6) is 0.340. The lowest BCUT2D eigenvalue weighted by Crippen LogP contribution is -2.37. The molecule has 0 saturated heterocycles. The van der Waals surface area contributed by atoms with Crippen molar-refractivity contribution in [3.8, 4) is 5.75 Å². The summed E-state index contributed by atoms with van der Waals surface area (Å²) in [6, 6.07) is 6.03. The van der Waals surface area contributed by atoms with E-state index in [1.807, 2.05) is 0 Å². The number of nitrogens with one attached hydrogen (secondary N) is 2. The number of benzene rings is 1. The maximum atomic E-state index is 12.3. The molecule has 1 aromatic carbocycles. The van der Waals surface area contributed by atoms with Crippen LogP contribution in [0.15, 0.2) is 29.3 Å². The van der Waals surface area contributed by atoms with Crippen molar-refractivity contribution in [3.63, 3.8) is 0 Å². The summed E-state index contributed by atoms with van der Waals surface area (Å²) >= 11 is 0. The van der Waals surface area contributed by atoms with Gasteiger partial charge in [-0.25, -0.2) is 0 Å². The lowest BCUT2D eigenvalue weighted by Gasteiger charge is -2.15. The monoisotopic (exact) mass is 431 g/mol. The number of hydrogen-bond acceptors (Lipinski definition) is 2. The molecule has 1 rings (SSSR count). The smallest absolute Gasteiger partial charge is 0.405 e. The Morgan fingerprint density at radius 1 is 1.23 bits per heavy atom. The van der Waals surface area contributed by atoms with E-state index in [-0.39, 0.29) is 36.3 Å². The van der Waals surface area contributed by atoms with E-state index in [1.165, 1.54) is 12.1 Å². The molecule has 4 nitrogen and oxygen atoms in total. The molecule has 0 amide bonds. The van der Waals surface area contributed by atoms with Gasteiger partial charge in [0.1, 0.15) is 5.75 Å². The Hall–Kier alpha value is -1.19. The summed E-state index contributed by atoms with van der Waals surface area (Å²) in [6.07, 6.45) is -2.65. The summed E-state index contributed by atoms with van der Waals surface area (Å²) in [4.78, 5) is 4.01. The van der Waals surface area contributed by atoms with Crippen LogP contribution in [0.25, 0.3) is 0 Å². The Kier molecular flexibility index (Phi) is 9.95. The number of para-hydroxylation sites is 1. The number of ether oxygens (including phenoxy) is 1. The molecule has 0 bridgehead atoms. The fraction of sp³-hybridized carbons (Fsp3) is 0.500. The molecule has 2 N–H and O–H groups in total. The van der Waals surface area contributed by atoms with Gasteiger partial charge in [-0.3, -0.25) is 4.99 Å². The molecule has 1 aromatic rings. The number of alkyl halides is 3. The molecule has 0 aromatic heterocycles. The number of rotatable bonds is 6. The van der Waals surface area contributed by atoms with Crippen molar-refractivity contribution in [2.45, 2.75) is 32.7 Å². The number of aliphatic imine (C=N–C) groups is 1. The van der Waals surface area contributed by atoms with Crippen LogP contribution in [0.4, 0.5) is 13.2 Å². The summed E-state index contributed by atoms with van der Waals surface area (Å²) in [7, 11) is 1.61. The Morgan fingerprint density at radius 3 is 2.50 bits per heavy atom. The Bertz CT molecular complexity index is 467. The van der Waals surface area contributed by atoms with Crippen LogP contribution >= 0.6 is 24.0 Å². The highest BCUT2D eigenvalue weighted by atomic mass is 127. The quantitative estimate of drug-likeness (QED) is 0.313. The van der Waals surface area contributed by atoms with Crippen molar-refractivity contribution in [2.75, 3.05) is 13.6 Å². The number of hydrogen-bond donors (Lipinski definition) is 2. The predicted molar refractivity (Wildman–Crippen MR) is 91.6 cm³/mol. The predicted octanol–water partition coefficient (Wildman–Crippen LogP) is 3.67. The van der Waals surface area contributed by atoms with Crippen LogP contribution in [0.1, 0.15) is 25.3 Å². The highest BCUT2D eigenvalue weighted by molar-refractivity contribution is 14.0. The van der Waals surface area contributed by atoms with E-state index in [0.29, 0.717) is 11.5 Å². The zero-order chi connectivity index (χ0) is 15.7. The molecule has 0 saturated carbocycles. The van der Waals surface area contributed by atoms with Crippen molar-refractivity contribution in [3.05, 3.63) is 29.8 Å². The first-order valence-corrected chi connectivity index (χ1v) is 6.74. The van der Waals surface area contributed by atoms with E-state index >= 15 is 0 Å². The van der Waals surface area contributed by atoms with Gasteiger partial charge >= 0.3 is 6.36 Å². The summed E-state index contributed by atoms with van der Waals surface area (Å²) < 4.78 is 40.9. The second-order valence-corrected chi connectivity index (χ2v) is 4.36. The van der Waals surface area contributed by atoms with Crippen LogP contribution in [-0.4, -0.2) is 25.9 Å². The molecular formula is C14H21F3IN3O. The highest BCUT2D eigenvalue weighted by Gasteiger charge is 2.31. The molecule has 0 heterocycles. The van der Waals surface area contributed by atoms with Crippen molar-refractivity contribution in [1.29, 1.82) is 0 Å². The molecule has 126 valence electrons. The first-order chi connectivity index (χ1) is 9.96. The molecule has 22 heavy (non-hydrogen) atoms. The normalized spacial score (nSPS) is 11.6. The van der Waals surface area contributed by atoms with Crippen LogP contribution in [0.3, 0.4) is 0 Å². The van der Waals surface area contributed by atoms with Crippen molar-refractivity contribution < 1.29 is 17.9 Å². The van der Waals surface area contributed by atoms with Gasteiger partial charge in [0.25, 0.3) is 0 Å². The first-order valence-electron chi connectivity index (χ1n) is 6.74. The number of nitrogens with zero attached hydrogens (tertiary/aromatic N) is 1. The van der Waals surface area contributed by atoms with Gasteiger partial charge in [0, 0.05) is 25.7 Å². The average molecular weight is 431 g/mol. The van der Waals surface area contributed by atoms with Gasteiger partial charge in [-0.1, -0.05) is 31.5 Å². The average Bonchev–Trinajstić information content (AvgIpc) is 2.42. The van der Waals surface area contributed by atoms with E-state index in [0.717, 1.165) is 19.4 Å². The fourth-order valence-corrected chi connectivity index (χ4v) is 1.66. The fourth-order valence-electron chi connectivity index (χ4n) is 1.66. The maximum absolute atomic E-state index is 12.3. The minimum atomic E-state index is -4.70. The van der Waals surface area contributed by atoms with Crippen LogP contribution in [0.2, 0.25) is 0 Å². The van der Waals surface area contributed by atoms with Gasteiger partial charge < -0.3 is 15.4 Å². The Balaban J connectivity index is 0.00000441. The molecule has 0 aliphatic rings. The summed E-state index contributed by atoms with van der Waals surface area (Å²) in [6.45, 7) is 3.03. The number of halogens is 4. The van der Waals surface area contributed by atoms with E-state index in [4.69, 9.17) is 0 Å². The van der Waals surface area contributed by atoms with Crippen LogP contribution in [0, 0.1) is 0 Å². The summed E-state index contributed by atoms with van der Waals surface area (Å²) in [5.41, 5.74) is 0.410. The SMILES string of the molecule is CCCCNC(=NC)NCc1ccccc1OC(F)(F)F.I. The Morgan fingerprint density at radius 2 is 1.91 bits per heavy atom. The molecule has 8 heteroatoms. The zero-order valence-corrected chi connectivity index (χ0v) is 14.9. The molecule has 0 atom stereocenters. The molecule has 0 spiro atoms. The summed E-state index contributed by atoms with van der Waals surface area (Å²) in [5, 5.41) is 6.05. The van der Waals surface area contributed by atoms with Gasteiger partial charge in [-0.15, -0.1) is 37.1 Å². The van der Waals surface area contributed by atoms with Gasteiger partial charge in [0.2, 0.25) is 0 Å². The highest BCUT2D eigenvalue weighted by Crippen LogP contribution is 2.25. The molecular weight excluding hydrogens is 410 g/mol. The third-order valence-electron chi connectivity index (χ3n) is 2.69. The zero-order valence-electron chi connectivity index (χ0n) is 12.5. The number of guanidine groups is 1. The van der Waals surface area contributed by atoms with Gasteiger partial charge in [-0.2, -0.15) is 0 Å². The second kappa shape index (κ2) is 10.5. The van der Waals surface area contributed by atoms with Gasteiger partial charge in [-0.05, 0) is 12.5 Å². The van der Waals surface area contributed by atoms with Gasteiger partial charge in [0.05, 0.1) is 0 Å². The Labute approximate surface area is 145 Å². The van der Waals surface area contributed by atoms with E-state index in [9.17, 15) is 13.2 Å². The van der Waals surface area contributed by atoms with Crippen LogP contribution in [0.5, 0.6) is 5.75 Å². The van der Waals surface area contributed by atoms with E-state index in [2.05, 4.69) is 27.3 Å². The maximum Gasteiger partial charge on any atom is 0.573 e. The minimum Gasteiger partial charge on any atom is -0.405 e. The molecule has 0 aliphatic heterocycles. The topological polar surface area (TPSA) is 45.7 Å². The van der Waals surface area contributed by atoms with Crippen LogP contribution in [-0.2, 0) is 6.54 Å². The van der Waals surface area contributed by atoms with Crippen molar-refractivity contribution in [1.82, 2.24) is 10.6 Å². The second-order valence-electron chi connectivity index (χ2n) is 4.36. The standard InChI is InChI=1S/C14H20F3N3O.HI/c1-3-4-9-19-13(18-2)20-10-11-7-5-6-8-12(11)21-14(15,16)17;/h5-8H,3-4,9-10H2,1-2H3,(H2,18,19,20);1H. The van der Waals surface area contributed by atoms with E-state index < -0.39 is 6.36 Å². The molecule has 0 fully saturated rings. The van der Waals surface area contributed by atoms with Gasteiger partial charge in [0.15, 0.2) is 5.96 Å². The third-order valence-corrected chi connectivity index (χ3v) is 2.69. The van der Waals surface area contributed by atoms with Crippen LogP contribution < -0.4 is 15.4 Å². The van der Waals surface area contributed by atoms with E-state index in [1.54, 1.807) is 19.2 Å². The first kappa shape index (κ1) is 20.8. The largest absolute Gasteiger partial charge is 0.573 e. The molecule has 0 unspecified atom stereocenters. The molecule has 0 aliphatic carbocycles. The van der Waals surface area contributed by atoms with Crippen molar-refractivity contribution >= 4 is 29.9 Å². The lowest BCUT2D eigenvalue weighted by molar-refractivity contribution is -0.274.